The molecule has 0 aromatic heterocycles. The van der Waals surface area contributed by atoms with E-state index in [4.69, 9.17) is 0 Å². The summed E-state index contributed by atoms with van der Waals surface area (Å²) < 4.78 is 13.8. The minimum Gasteiger partial charge on any atom is -0.353 e. The van der Waals surface area contributed by atoms with Crippen molar-refractivity contribution in [2.24, 2.45) is 22.7 Å². The number of rotatable bonds is 6. The van der Waals surface area contributed by atoms with E-state index in [1.165, 1.54) is 12.8 Å². The number of likely N-dealkylation sites (tertiary alicyclic amines) is 1. The summed E-state index contributed by atoms with van der Waals surface area (Å²) in [6.45, 7) is 9.14. The predicted octanol–water partition coefficient (Wildman–Crippen LogP) is 2.91. The molecule has 4 nitrogen and oxygen atoms in total. The highest BCUT2D eigenvalue weighted by atomic mass is 19.1. The van der Waals surface area contributed by atoms with Gasteiger partial charge in [-0.1, -0.05) is 27.7 Å². The molecule has 3 rings (SSSR count). The molecule has 1 aliphatic heterocycles. The molecule has 5 heteroatoms. The van der Waals surface area contributed by atoms with Crippen molar-refractivity contribution < 1.29 is 14.0 Å². The van der Waals surface area contributed by atoms with Gasteiger partial charge >= 0.3 is 0 Å². The number of amides is 2. The monoisotopic (exact) mass is 338 g/mol. The molecule has 2 aliphatic carbocycles. The second-order valence-electron chi connectivity index (χ2n) is 9.45. The lowest BCUT2D eigenvalue weighted by Crippen LogP contribution is -2.68. The number of alkyl halides is 1. The second kappa shape index (κ2) is 5.99. The van der Waals surface area contributed by atoms with Crippen molar-refractivity contribution >= 4 is 11.8 Å². The lowest BCUT2D eigenvalue weighted by atomic mass is 9.60. The summed E-state index contributed by atoms with van der Waals surface area (Å²) in [5.41, 5.74) is 0.245. The van der Waals surface area contributed by atoms with E-state index >= 15 is 0 Å². The van der Waals surface area contributed by atoms with E-state index in [1.54, 1.807) is 18.7 Å². The van der Waals surface area contributed by atoms with Gasteiger partial charge in [0.25, 0.3) is 5.91 Å². The number of hydrogen-bond donors (Lipinski definition) is 1. The van der Waals surface area contributed by atoms with Crippen LogP contribution in [0.5, 0.6) is 0 Å². The summed E-state index contributed by atoms with van der Waals surface area (Å²) in [5, 5.41) is 3.15. The Balaban J connectivity index is 1.38. The average Bonchev–Trinajstić information content (AvgIpc) is 3.22. The lowest BCUT2D eigenvalue weighted by Gasteiger charge is -2.59. The number of nitrogens with one attached hydrogen (secondary N) is 1. The van der Waals surface area contributed by atoms with Gasteiger partial charge in [-0.2, -0.15) is 0 Å². The third-order valence-corrected chi connectivity index (χ3v) is 6.21. The molecule has 1 saturated heterocycles. The van der Waals surface area contributed by atoms with Crippen LogP contribution in [0.1, 0.15) is 59.8 Å². The molecule has 2 saturated carbocycles. The Morgan fingerprint density at radius 2 is 1.83 bits per heavy atom. The molecule has 3 fully saturated rings. The van der Waals surface area contributed by atoms with E-state index in [0.717, 1.165) is 12.8 Å². The highest BCUT2D eigenvalue weighted by molar-refractivity contribution is 5.82. The normalized spacial score (nSPS) is 24.5. The van der Waals surface area contributed by atoms with Gasteiger partial charge < -0.3 is 10.2 Å². The number of carbonyl (C=O) groups excluding carboxylic acids is 2. The summed E-state index contributed by atoms with van der Waals surface area (Å²) in [6, 6.07) is 0.232. The first kappa shape index (κ1) is 17.7. The molecule has 0 aromatic rings. The van der Waals surface area contributed by atoms with Crippen LogP contribution >= 0.6 is 0 Å². The van der Waals surface area contributed by atoms with Crippen LogP contribution in [0.4, 0.5) is 4.39 Å². The molecule has 3 aliphatic rings. The van der Waals surface area contributed by atoms with Gasteiger partial charge in [0.15, 0.2) is 6.17 Å². The van der Waals surface area contributed by atoms with Crippen molar-refractivity contribution in [3.05, 3.63) is 0 Å². The maximum atomic E-state index is 13.8. The standard InChI is InChI=1S/C19H31FN2O2/c1-12(2)16(20)17(24)22-10-19(11-22)7-14(8-19)21-15(23)9-18(3,4)13-5-6-13/h12-14,16H,5-11H2,1-4H3,(H,21,23). The number of halogens is 1. The van der Waals surface area contributed by atoms with Gasteiger partial charge in [-0.15, -0.1) is 0 Å². The van der Waals surface area contributed by atoms with E-state index in [-0.39, 0.29) is 34.6 Å². The van der Waals surface area contributed by atoms with Gasteiger partial charge in [-0.25, -0.2) is 4.39 Å². The SMILES string of the molecule is CC(C)C(F)C(=O)N1CC2(CC(NC(=O)CC(C)(C)C3CC3)C2)C1. The quantitative estimate of drug-likeness (QED) is 0.809. The molecule has 0 aromatic carbocycles. The van der Waals surface area contributed by atoms with E-state index < -0.39 is 6.17 Å². The molecular formula is C19H31FN2O2. The zero-order chi connectivity index (χ0) is 17.7. The number of hydrogen-bond acceptors (Lipinski definition) is 2. The van der Waals surface area contributed by atoms with Crippen LogP contribution < -0.4 is 5.32 Å². The molecule has 1 unspecified atom stereocenters. The molecule has 0 bridgehead atoms. The van der Waals surface area contributed by atoms with Gasteiger partial charge in [0, 0.05) is 31.0 Å². The van der Waals surface area contributed by atoms with Gasteiger partial charge in [-0.05, 0) is 42.9 Å². The van der Waals surface area contributed by atoms with Crippen molar-refractivity contribution in [3.8, 4) is 0 Å². The van der Waals surface area contributed by atoms with Crippen LogP contribution in [0, 0.1) is 22.7 Å². The third-order valence-electron chi connectivity index (χ3n) is 6.21. The summed E-state index contributed by atoms with van der Waals surface area (Å²) >= 11 is 0. The summed E-state index contributed by atoms with van der Waals surface area (Å²) in [4.78, 5) is 25.8. The molecular weight excluding hydrogens is 307 g/mol. The van der Waals surface area contributed by atoms with Gasteiger partial charge in [0.1, 0.15) is 0 Å². The number of nitrogens with zero attached hydrogens (tertiary/aromatic N) is 1. The van der Waals surface area contributed by atoms with Gasteiger partial charge in [0.05, 0.1) is 0 Å². The Morgan fingerprint density at radius 1 is 1.25 bits per heavy atom. The van der Waals surface area contributed by atoms with Crippen molar-refractivity contribution in [3.63, 3.8) is 0 Å². The maximum absolute atomic E-state index is 13.8. The average molecular weight is 338 g/mol. The third kappa shape index (κ3) is 3.45. The summed E-state index contributed by atoms with van der Waals surface area (Å²) in [6.07, 6.45) is 3.56. The topological polar surface area (TPSA) is 49.4 Å². The molecule has 24 heavy (non-hydrogen) atoms. The fraction of sp³-hybridized carbons (Fsp3) is 0.895. The van der Waals surface area contributed by atoms with E-state index in [2.05, 4.69) is 19.2 Å². The Hall–Kier alpha value is -1.13. The molecule has 0 radical (unpaired) electrons. The van der Waals surface area contributed by atoms with Crippen LogP contribution in [-0.2, 0) is 9.59 Å². The molecule has 1 spiro atoms. The Labute approximate surface area is 144 Å². The first-order valence-corrected chi connectivity index (χ1v) is 9.34. The fourth-order valence-corrected chi connectivity index (χ4v) is 4.43. The Morgan fingerprint density at radius 3 is 2.33 bits per heavy atom. The number of carbonyl (C=O) groups is 2. The zero-order valence-electron chi connectivity index (χ0n) is 15.4. The van der Waals surface area contributed by atoms with Crippen LogP contribution in [0.2, 0.25) is 0 Å². The lowest BCUT2D eigenvalue weighted by molar-refractivity contribution is -0.160. The fourth-order valence-electron chi connectivity index (χ4n) is 4.43. The van der Waals surface area contributed by atoms with Crippen LogP contribution in [0.3, 0.4) is 0 Å². The van der Waals surface area contributed by atoms with Crippen LogP contribution in [0.15, 0.2) is 0 Å². The molecule has 1 atom stereocenters. The smallest absolute Gasteiger partial charge is 0.257 e. The van der Waals surface area contributed by atoms with Gasteiger partial charge in [-0.3, -0.25) is 9.59 Å². The first-order chi connectivity index (χ1) is 11.1. The molecule has 136 valence electrons. The molecule has 1 heterocycles. The minimum absolute atomic E-state index is 0.109. The largest absolute Gasteiger partial charge is 0.353 e. The predicted molar refractivity (Wildman–Crippen MR) is 91.0 cm³/mol. The Bertz CT molecular complexity index is 513. The van der Waals surface area contributed by atoms with Crippen LogP contribution in [0.25, 0.3) is 0 Å². The highest BCUT2D eigenvalue weighted by Crippen LogP contribution is 2.49. The van der Waals surface area contributed by atoms with Crippen molar-refractivity contribution in [1.29, 1.82) is 0 Å². The van der Waals surface area contributed by atoms with Crippen molar-refractivity contribution in [2.45, 2.75) is 72.0 Å². The minimum atomic E-state index is -1.39. The Kier molecular flexibility index (Phi) is 4.42. The highest BCUT2D eigenvalue weighted by Gasteiger charge is 2.55. The summed E-state index contributed by atoms with van der Waals surface area (Å²) in [5.74, 6) is 0.228. The molecule has 2 amide bonds. The second-order valence-corrected chi connectivity index (χ2v) is 9.45. The van der Waals surface area contributed by atoms with E-state index in [0.29, 0.717) is 25.4 Å². The zero-order valence-corrected chi connectivity index (χ0v) is 15.4. The first-order valence-electron chi connectivity index (χ1n) is 9.34. The van der Waals surface area contributed by atoms with Crippen molar-refractivity contribution in [1.82, 2.24) is 10.2 Å². The maximum Gasteiger partial charge on any atom is 0.257 e. The van der Waals surface area contributed by atoms with E-state index in [1.807, 2.05) is 0 Å². The van der Waals surface area contributed by atoms with E-state index in [9.17, 15) is 14.0 Å². The van der Waals surface area contributed by atoms with Gasteiger partial charge in [0.2, 0.25) is 5.91 Å². The summed E-state index contributed by atoms with van der Waals surface area (Å²) in [7, 11) is 0. The van der Waals surface area contributed by atoms with Crippen LogP contribution in [-0.4, -0.2) is 42.0 Å². The molecule has 1 N–H and O–H groups in total. The van der Waals surface area contributed by atoms with Crippen molar-refractivity contribution in [2.75, 3.05) is 13.1 Å².